The monoisotopic (exact) mass is 340 g/mol. The van der Waals surface area contributed by atoms with Crippen LogP contribution >= 0.6 is 27.5 Å². The van der Waals surface area contributed by atoms with E-state index in [9.17, 15) is 4.79 Å². The summed E-state index contributed by atoms with van der Waals surface area (Å²) in [4.78, 5) is 16.0. The van der Waals surface area contributed by atoms with Crippen molar-refractivity contribution in [1.82, 2.24) is 4.98 Å². The first-order chi connectivity index (χ1) is 9.10. The maximum absolute atomic E-state index is 12.1. The van der Waals surface area contributed by atoms with E-state index in [-0.39, 0.29) is 5.91 Å². The molecule has 19 heavy (non-hydrogen) atoms. The number of ether oxygens (including phenoxy) is 1. The smallest absolute Gasteiger partial charge is 0.257 e. The number of aromatic nitrogens is 1. The molecule has 0 bridgehead atoms. The Hall–Kier alpha value is -1.59. The summed E-state index contributed by atoms with van der Waals surface area (Å²) in [6, 6.07) is 6.69. The highest BCUT2D eigenvalue weighted by molar-refractivity contribution is 9.10. The van der Waals surface area contributed by atoms with Crippen LogP contribution in [-0.4, -0.2) is 18.0 Å². The Kier molecular flexibility index (Phi) is 4.39. The van der Waals surface area contributed by atoms with Gasteiger partial charge in [0, 0.05) is 21.9 Å². The van der Waals surface area contributed by atoms with Crippen LogP contribution < -0.4 is 10.1 Å². The Balaban J connectivity index is 2.26. The molecule has 0 aliphatic carbocycles. The molecular formula is C13H10BrClN2O2. The molecule has 0 spiro atoms. The second-order valence-corrected chi connectivity index (χ2v) is 5.04. The zero-order valence-corrected chi connectivity index (χ0v) is 12.3. The molecule has 2 rings (SSSR count). The van der Waals surface area contributed by atoms with E-state index < -0.39 is 0 Å². The lowest BCUT2D eigenvalue weighted by Crippen LogP contribution is -2.13. The summed E-state index contributed by atoms with van der Waals surface area (Å²) < 4.78 is 5.90. The average Bonchev–Trinajstić information content (AvgIpc) is 2.39. The summed E-state index contributed by atoms with van der Waals surface area (Å²) in [6.07, 6.45) is 3.09. The number of nitrogens with one attached hydrogen (secondary N) is 1. The Morgan fingerprint density at radius 1 is 1.37 bits per heavy atom. The Bertz CT molecular complexity index is 619. The molecule has 1 heterocycles. The van der Waals surface area contributed by atoms with Gasteiger partial charge in [-0.3, -0.25) is 9.78 Å². The van der Waals surface area contributed by atoms with Gasteiger partial charge in [0.05, 0.1) is 18.4 Å². The molecule has 1 aromatic heterocycles. The fourth-order valence-electron chi connectivity index (χ4n) is 1.51. The summed E-state index contributed by atoms with van der Waals surface area (Å²) in [7, 11) is 1.53. The minimum absolute atomic E-state index is 0.283. The molecule has 0 saturated heterocycles. The molecule has 0 aliphatic heterocycles. The molecule has 0 atom stereocenters. The number of anilines is 1. The molecule has 1 N–H and O–H groups in total. The highest BCUT2D eigenvalue weighted by atomic mass is 79.9. The Morgan fingerprint density at radius 3 is 2.84 bits per heavy atom. The molecule has 2 aromatic rings. The van der Waals surface area contributed by atoms with Crippen LogP contribution in [0.25, 0.3) is 0 Å². The van der Waals surface area contributed by atoms with Gasteiger partial charge >= 0.3 is 0 Å². The standard InChI is InChI=1S/C13H10BrClN2O2/c1-19-12-3-2-10(15)5-11(12)17-13(18)8-4-9(14)7-16-6-8/h2-7H,1H3,(H,17,18). The van der Waals surface area contributed by atoms with Crippen LogP contribution in [0.3, 0.4) is 0 Å². The Labute approximate surface area is 123 Å². The lowest BCUT2D eigenvalue weighted by molar-refractivity contribution is 0.102. The molecule has 0 unspecified atom stereocenters. The fraction of sp³-hybridized carbons (Fsp3) is 0.0769. The van der Waals surface area contributed by atoms with Crippen LogP contribution in [0.2, 0.25) is 5.02 Å². The molecule has 0 saturated carbocycles. The number of nitrogens with zero attached hydrogens (tertiary/aromatic N) is 1. The van der Waals surface area contributed by atoms with Crippen molar-refractivity contribution in [3.05, 3.63) is 51.7 Å². The van der Waals surface area contributed by atoms with Crippen molar-refractivity contribution in [2.24, 2.45) is 0 Å². The number of methoxy groups -OCH3 is 1. The Morgan fingerprint density at radius 2 is 2.16 bits per heavy atom. The third kappa shape index (κ3) is 3.45. The van der Waals surface area contributed by atoms with E-state index in [4.69, 9.17) is 16.3 Å². The zero-order chi connectivity index (χ0) is 13.8. The summed E-state index contributed by atoms with van der Waals surface area (Å²) in [6.45, 7) is 0. The quantitative estimate of drug-likeness (QED) is 0.925. The summed E-state index contributed by atoms with van der Waals surface area (Å²) >= 11 is 9.17. The number of pyridine rings is 1. The molecule has 98 valence electrons. The predicted molar refractivity (Wildman–Crippen MR) is 77.9 cm³/mol. The van der Waals surface area contributed by atoms with Gasteiger partial charge in [-0.1, -0.05) is 11.6 Å². The van der Waals surface area contributed by atoms with Crippen LogP contribution in [0.5, 0.6) is 5.75 Å². The van der Waals surface area contributed by atoms with Crippen molar-refractivity contribution in [2.45, 2.75) is 0 Å². The van der Waals surface area contributed by atoms with Crippen molar-refractivity contribution in [3.63, 3.8) is 0 Å². The van der Waals surface area contributed by atoms with Gasteiger partial charge in [-0.2, -0.15) is 0 Å². The third-order valence-corrected chi connectivity index (χ3v) is 3.05. The average molecular weight is 342 g/mol. The molecule has 1 aromatic carbocycles. The third-order valence-electron chi connectivity index (χ3n) is 2.38. The first-order valence-electron chi connectivity index (χ1n) is 5.35. The SMILES string of the molecule is COc1ccc(Cl)cc1NC(=O)c1cncc(Br)c1. The second kappa shape index (κ2) is 6.04. The summed E-state index contributed by atoms with van der Waals surface area (Å²) in [5.41, 5.74) is 0.955. The molecule has 0 aliphatic rings. The van der Waals surface area contributed by atoms with Gasteiger partial charge in [-0.05, 0) is 40.2 Å². The van der Waals surface area contributed by atoms with Crippen LogP contribution in [0.4, 0.5) is 5.69 Å². The minimum Gasteiger partial charge on any atom is -0.495 e. The van der Waals surface area contributed by atoms with Crippen LogP contribution in [0.15, 0.2) is 41.1 Å². The van der Waals surface area contributed by atoms with Crippen LogP contribution in [-0.2, 0) is 0 Å². The largest absolute Gasteiger partial charge is 0.495 e. The van der Waals surface area contributed by atoms with E-state index >= 15 is 0 Å². The lowest BCUT2D eigenvalue weighted by Gasteiger charge is -2.10. The summed E-state index contributed by atoms with van der Waals surface area (Å²) in [5, 5.41) is 3.25. The van der Waals surface area contributed by atoms with Crippen molar-refractivity contribution < 1.29 is 9.53 Å². The van der Waals surface area contributed by atoms with Gasteiger partial charge in [-0.15, -0.1) is 0 Å². The first-order valence-corrected chi connectivity index (χ1v) is 6.52. The van der Waals surface area contributed by atoms with Gasteiger partial charge in [0.2, 0.25) is 0 Å². The van der Waals surface area contributed by atoms with Crippen LogP contribution in [0.1, 0.15) is 10.4 Å². The molecule has 1 amide bonds. The topological polar surface area (TPSA) is 51.2 Å². The maximum atomic E-state index is 12.1. The number of hydrogen-bond donors (Lipinski definition) is 1. The van der Waals surface area contributed by atoms with Crippen molar-refractivity contribution >= 4 is 39.1 Å². The molecule has 4 nitrogen and oxygen atoms in total. The van der Waals surface area contributed by atoms with E-state index in [1.165, 1.54) is 13.3 Å². The van der Waals surface area contributed by atoms with Gasteiger partial charge in [0.15, 0.2) is 0 Å². The van der Waals surface area contributed by atoms with E-state index in [1.54, 1.807) is 30.5 Å². The fourth-order valence-corrected chi connectivity index (χ4v) is 2.05. The minimum atomic E-state index is -0.283. The number of amides is 1. The second-order valence-electron chi connectivity index (χ2n) is 3.69. The normalized spacial score (nSPS) is 10.1. The number of benzene rings is 1. The van der Waals surface area contributed by atoms with Crippen LogP contribution in [0, 0.1) is 0 Å². The number of hydrogen-bond acceptors (Lipinski definition) is 3. The molecular weight excluding hydrogens is 332 g/mol. The predicted octanol–water partition coefficient (Wildman–Crippen LogP) is 3.76. The highest BCUT2D eigenvalue weighted by Gasteiger charge is 2.11. The van der Waals surface area contributed by atoms with Gasteiger partial charge < -0.3 is 10.1 Å². The van der Waals surface area contributed by atoms with E-state index in [1.807, 2.05) is 0 Å². The zero-order valence-electron chi connectivity index (χ0n) is 9.98. The number of rotatable bonds is 3. The van der Waals surface area contributed by atoms with Crippen molar-refractivity contribution in [1.29, 1.82) is 0 Å². The summed E-state index contributed by atoms with van der Waals surface area (Å²) in [5.74, 6) is 0.259. The van der Waals surface area contributed by atoms with Crippen molar-refractivity contribution in [2.75, 3.05) is 12.4 Å². The maximum Gasteiger partial charge on any atom is 0.257 e. The van der Waals surface area contributed by atoms with Gasteiger partial charge in [0.1, 0.15) is 5.75 Å². The van der Waals surface area contributed by atoms with E-state index in [2.05, 4.69) is 26.2 Å². The number of carbonyl (C=O) groups is 1. The molecule has 6 heteroatoms. The molecule has 0 radical (unpaired) electrons. The number of carbonyl (C=O) groups excluding carboxylic acids is 1. The lowest BCUT2D eigenvalue weighted by atomic mass is 10.2. The molecule has 0 fully saturated rings. The van der Waals surface area contributed by atoms with Crippen molar-refractivity contribution in [3.8, 4) is 5.75 Å². The first kappa shape index (κ1) is 13.8. The van der Waals surface area contributed by atoms with E-state index in [0.29, 0.717) is 22.0 Å². The van der Waals surface area contributed by atoms with Gasteiger partial charge in [0.25, 0.3) is 5.91 Å². The number of halogens is 2. The van der Waals surface area contributed by atoms with E-state index in [0.717, 1.165) is 4.47 Å². The highest BCUT2D eigenvalue weighted by Crippen LogP contribution is 2.28. The van der Waals surface area contributed by atoms with Gasteiger partial charge in [-0.25, -0.2) is 0 Å².